The number of carbonyl (C=O) groups excluding carboxylic acids is 2. The maximum Gasteiger partial charge on any atom is 0.259 e. The lowest BCUT2D eigenvalue weighted by molar-refractivity contribution is -0.0449. The van der Waals surface area contributed by atoms with E-state index in [4.69, 9.17) is 9.47 Å². The van der Waals surface area contributed by atoms with E-state index < -0.39 is 0 Å². The van der Waals surface area contributed by atoms with Crippen LogP contribution in [0.1, 0.15) is 64.9 Å². The number of aliphatic hydroxyl groups is 1. The third kappa shape index (κ3) is 3.17. The molecular formula is C22H29N3O5. The maximum absolute atomic E-state index is 13.5. The number of fused-ring (bicyclic) bond motifs is 2. The third-order valence-electron chi connectivity index (χ3n) is 7.22. The molecule has 8 nitrogen and oxygen atoms in total. The Morgan fingerprint density at radius 3 is 2.87 bits per heavy atom. The zero-order valence-electron chi connectivity index (χ0n) is 17.4. The number of morpholine rings is 1. The van der Waals surface area contributed by atoms with Crippen molar-refractivity contribution in [2.45, 2.75) is 63.3 Å². The lowest BCUT2D eigenvalue weighted by Crippen LogP contribution is -2.51. The highest BCUT2D eigenvalue weighted by atomic mass is 16.5. The Labute approximate surface area is 176 Å². The van der Waals surface area contributed by atoms with Crippen LogP contribution in [0.25, 0.3) is 0 Å². The molecule has 1 N–H and O–H groups in total. The van der Waals surface area contributed by atoms with Crippen LogP contribution in [-0.4, -0.2) is 76.8 Å². The Bertz CT molecular complexity index is 853. The highest BCUT2D eigenvalue weighted by molar-refractivity contribution is 6.03. The Hall–Kier alpha value is -2.19. The van der Waals surface area contributed by atoms with Gasteiger partial charge in [-0.1, -0.05) is 12.8 Å². The number of hydrogen-bond acceptors (Lipinski definition) is 6. The Morgan fingerprint density at radius 2 is 2.13 bits per heavy atom. The van der Waals surface area contributed by atoms with Gasteiger partial charge in [0.1, 0.15) is 5.56 Å². The zero-order valence-corrected chi connectivity index (χ0v) is 17.4. The number of pyridine rings is 1. The quantitative estimate of drug-likeness (QED) is 0.803. The van der Waals surface area contributed by atoms with E-state index in [0.29, 0.717) is 36.5 Å². The van der Waals surface area contributed by atoms with Gasteiger partial charge in [0.2, 0.25) is 5.88 Å². The first kappa shape index (κ1) is 19.8. The SMILES string of the molecule is COc1nc2c(cc1C(=O)N1CCOC3C[C@H](CO)C[C@@H]31)C(=O)N(C1CCCC1)C2. The van der Waals surface area contributed by atoms with Crippen molar-refractivity contribution in [1.82, 2.24) is 14.8 Å². The van der Waals surface area contributed by atoms with Gasteiger partial charge in [-0.05, 0) is 37.7 Å². The van der Waals surface area contributed by atoms with Gasteiger partial charge in [0.05, 0.1) is 43.7 Å². The number of rotatable bonds is 4. The average molecular weight is 415 g/mol. The Balaban J connectivity index is 1.44. The van der Waals surface area contributed by atoms with Crippen LogP contribution in [0.4, 0.5) is 0 Å². The van der Waals surface area contributed by atoms with Gasteiger partial charge in [-0.25, -0.2) is 4.98 Å². The summed E-state index contributed by atoms with van der Waals surface area (Å²) in [5.41, 5.74) is 1.56. The summed E-state index contributed by atoms with van der Waals surface area (Å²) in [6, 6.07) is 1.89. The molecule has 1 aromatic heterocycles. The molecular weight excluding hydrogens is 386 g/mol. The molecule has 30 heavy (non-hydrogen) atoms. The van der Waals surface area contributed by atoms with Crippen molar-refractivity contribution in [3.05, 3.63) is 22.9 Å². The summed E-state index contributed by atoms with van der Waals surface area (Å²) >= 11 is 0. The molecule has 162 valence electrons. The van der Waals surface area contributed by atoms with Gasteiger partial charge in [-0.3, -0.25) is 9.59 Å². The molecule has 1 saturated heterocycles. The zero-order chi connectivity index (χ0) is 20.8. The molecule has 4 aliphatic rings. The maximum atomic E-state index is 13.5. The predicted molar refractivity (Wildman–Crippen MR) is 107 cm³/mol. The number of amides is 2. The van der Waals surface area contributed by atoms with E-state index in [2.05, 4.69) is 4.98 Å². The molecule has 3 fully saturated rings. The number of aliphatic hydroxyl groups excluding tert-OH is 1. The Morgan fingerprint density at radius 1 is 1.33 bits per heavy atom. The topological polar surface area (TPSA) is 92.2 Å². The van der Waals surface area contributed by atoms with Crippen LogP contribution in [0.15, 0.2) is 6.07 Å². The van der Waals surface area contributed by atoms with Crippen LogP contribution in [0, 0.1) is 5.92 Å². The molecule has 3 atom stereocenters. The van der Waals surface area contributed by atoms with E-state index >= 15 is 0 Å². The normalized spacial score (nSPS) is 28.7. The molecule has 0 aromatic carbocycles. The molecule has 0 spiro atoms. The van der Waals surface area contributed by atoms with Crippen molar-refractivity contribution >= 4 is 11.8 Å². The second kappa shape index (κ2) is 7.81. The molecule has 2 saturated carbocycles. The van der Waals surface area contributed by atoms with Gasteiger partial charge in [0, 0.05) is 19.2 Å². The van der Waals surface area contributed by atoms with E-state index in [9.17, 15) is 14.7 Å². The summed E-state index contributed by atoms with van der Waals surface area (Å²) in [6.07, 6.45) is 5.81. The highest BCUT2D eigenvalue weighted by Crippen LogP contribution is 2.37. The fourth-order valence-corrected chi connectivity index (χ4v) is 5.65. The van der Waals surface area contributed by atoms with Crippen molar-refractivity contribution in [1.29, 1.82) is 0 Å². The van der Waals surface area contributed by atoms with Gasteiger partial charge in [0.25, 0.3) is 11.8 Å². The van der Waals surface area contributed by atoms with Gasteiger partial charge in [-0.2, -0.15) is 0 Å². The molecule has 0 radical (unpaired) electrons. The van der Waals surface area contributed by atoms with E-state index in [1.807, 2.05) is 9.80 Å². The second-order valence-electron chi connectivity index (χ2n) is 8.91. The number of carbonyl (C=O) groups is 2. The summed E-state index contributed by atoms with van der Waals surface area (Å²) in [5, 5.41) is 9.56. The number of ether oxygens (including phenoxy) is 2. The first-order valence-electron chi connectivity index (χ1n) is 11.0. The third-order valence-corrected chi connectivity index (χ3v) is 7.22. The summed E-state index contributed by atoms with van der Waals surface area (Å²) in [4.78, 5) is 34.9. The first-order chi connectivity index (χ1) is 14.6. The minimum Gasteiger partial charge on any atom is -0.480 e. The summed E-state index contributed by atoms with van der Waals surface area (Å²) in [5.74, 6) is 0.225. The lowest BCUT2D eigenvalue weighted by Gasteiger charge is -2.37. The molecule has 8 heteroatoms. The van der Waals surface area contributed by atoms with Gasteiger partial charge in [-0.15, -0.1) is 0 Å². The summed E-state index contributed by atoms with van der Waals surface area (Å²) < 4.78 is 11.3. The number of aromatic nitrogens is 1. The van der Waals surface area contributed by atoms with Crippen LogP contribution < -0.4 is 4.74 Å². The van der Waals surface area contributed by atoms with Crippen LogP contribution >= 0.6 is 0 Å². The van der Waals surface area contributed by atoms with Crippen molar-refractivity contribution in [2.24, 2.45) is 5.92 Å². The molecule has 2 aliphatic carbocycles. The van der Waals surface area contributed by atoms with E-state index in [0.717, 1.165) is 38.5 Å². The Kier molecular flexibility index (Phi) is 5.14. The van der Waals surface area contributed by atoms with Crippen LogP contribution in [0.3, 0.4) is 0 Å². The van der Waals surface area contributed by atoms with E-state index in [1.54, 1.807) is 6.07 Å². The van der Waals surface area contributed by atoms with Gasteiger partial charge < -0.3 is 24.4 Å². The monoisotopic (exact) mass is 415 g/mol. The molecule has 0 bridgehead atoms. The minimum atomic E-state index is -0.175. The fraction of sp³-hybridized carbons (Fsp3) is 0.682. The lowest BCUT2D eigenvalue weighted by atomic mass is 10.1. The standard InChI is InChI=1S/C22H29N3O5/c1-29-20-16(22(28)24-6-7-30-19-9-13(12-26)8-18(19)24)10-15-17(23-20)11-25(21(15)27)14-4-2-3-5-14/h10,13-14,18-19,26H,2-9,11-12H2,1H3/t13-,18+,19?/m1/s1. The summed E-state index contributed by atoms with van der Waals surface area (Å²) in [6.45, 7) is 1.55. The molecule has 3 heterocycles. The van der Waals surface area contributed by atoms with Gasteiger partial charge >= 0.3 is 0 Å². The number of methoxy groups -OCH3 is 1. The van der Waals surface area contributed by atoms with Crippen LogP contribution in [0.5, 0.6) is 5.88 Å². The fourth-order valence-electron chi connectivity index (χ4n) is 5.65. The highest BCUT2D eigenvalue weighted by Gasteiger charge is 2.44. The molecule has 1 unspecified atom stereocenters. The van der Waals surface area contributed by atoms with Crippen LogP contribution in [-0.2, 0) is 11.3 Å². The van der Waals surface area contributed by atoms with Crippen molar-refractivity contribution in [3.63, 3.8) is 0 Å². The van der Waals surface area contributed by atoms with Crippen molar-refractivity contribution in [3.8, 4) is 5.88 Å². The van der Waals surface area contributed by atoms with Crippen molar-refractivity contribution in [2.75, 3.05) is 26.9 Å². The minimum absolute atomic E-state index is 0.0258. The smallest absolute Gasteiger partial charge is 0.259 e. The largest absolute Gasteiger partial charge is 0.480 e. The van der Waals surface area contributed by atoms with Gasteiger partial charge in [0.15, 0.2) is 0 Å². The molecule has 1 aromatic rings. The number of hydrogen-bond donors (Lipinski definition) is 1. The summed E-state index contributed by atoms with van der Waals surface area (Å²) in [7, 11) is 1.51. The number of nitrogens with zero attached hydrogens (tertiary/aromatic N) is 3. The molecule has 2 aliphatic heterocycles. The van der Waals surface area contributed by atoms with E-state index in [-0.39, 0.29) is 48.4 Å². The average Bonchev–Trinajstić information content (AvgIpc) is 3.50. The van der Waals surface area contributed by atoms with Crippen molar-refractivity contribution < 1.29 is 24.2 Å². The molecule has 2 amide bonds. The van der Waals surface area contributed by atoms with Crippen LogP contribution in [0.2, 0.25) is 0 Å². The molecule has 5 rings (SSSR count). The predicted octanol–water partition coefficient (Wildman–Crippen LogP) is 1.60. The first-order valence-corrected chi connectivity index (χ1v) is 11.0. The van der Waals surface area contributed by atoms with E-state index in [1.165, 1.54) is 7.11 Å². The second-order valence-corrected chi connectivity index (χ2v) is 8.91.